The van der Waals surface area contributed by atoms with Gasteiger partial charge in [0.25, 0.3) is 5.56 Å². The van der Waals surface area contributed by atoms with Crippen molar-refractivity contribution in [2.75, 3.05) is 11.9 Å². The van der Waals surface area contributed by atoms with Gasteiger partial charge in [0, 0.05) is 6.54 Å². The number of aliphatic hydroxyl groups is 1. The molecule has 1 heterocycles. The predicted octanol–water partition coefficient (Wildman–Crippen LogP) is 1.60. The smallest absolute Gasteiger partial charge is 0.284 e. The molecule has 0 amide bonds. The van der Waals surface area contributed by atoms with Crippen LogP contribution in [0.3, 0.4) is 0 Å². The number of aromatic nitrogens is 2. The van der Waals surface area contributed by atoms with Crippen molar-refractivity contribution in [3.05, 3.63) is 21.0 Å². The van der Waals surface area contributed by atoms with E-state index in [-0.39, 0.29) is 18.2 Å². The fourth-order valence-corrected chi connectivity index (χ4v) is 2.84. The highest BCUT2D eigenvalue weighted by molar-refractivity contribution is 9.10. The van der Waals surface area contributed by atoms with Crippen molar-refractivity contribution in [2.24, 2.45) is 5.92 Å². The SMILES string of the molecule is C#CCn1ncc(NCC2CCC(O)CC2)c(Br)c1=O. The Hall–Kier alpha value is -1.32. The zero-order valence-electron chi connectivity index (χ0n) is 11.2. The van der Waals surface area contributed by atoms with Gasteiger partial charge in [-0.15, -0.1) is 6.42 Å². The lowest BCUT2D eigenvalue weighted by molar-refractivity contribution is 0.111. The fraction of sp³-hybridized carbons (Fsp3) is 0.571. The van der Waals surface area contributed by atoms with Crippen LogP contribution >= 0.6 is 15.9 Å². The fourth-order valence-electron chi connectivity index (χ4n) is 2.39. The second kappa shape index (κ2) is 6.91. The van der Waals surface area contributed by atoms with Crippen LogP contribution < -0.4 is 10.9 Å². The van der Waals surface area contributed by atoms with Gasteiger partial charge >= 0.3 is 0 Å². The molecule has 0 atom stereocenters. The third-order valence-corrected chi connectivity index (χ3v) is 4.39. The van der Waals surface area contributed by atoms with Crippen LogP contribution in [0.5, 0.6) is 0 Å². The van der Waals surface area contributed by atoms with E-state index >= 15 is 0 Å². The molecule has 2 N–H and O–H groups in total. The number of terminal acetylenes is 1. The number of nitrogens with zero attached hydrogens (tertiary/aromatic N) is 2. The van der Waals surface area contributed by atoms with Gasteiger partial charge in [0.1, 0.15) is 11.0 Å². The van der Waals surface area contributed by atoms with Crippen LogP contribution in [-0.4, -0.2) is 27.5 Å². The number of aliphatic hydroxyl groups excluding tert-OH is 1. The number of hydrogen-bond acceptors (Lipinski definition) is 4. The second-order valence-corrected chi connectivity index (χ2v) is 5.89. The zero-order valence-corrected chi connectivity index (χ0v) is 12.8. The lowest BCUT2D eigenvalue weighted by atomic mass is 9.87. The Morgan fingerprint density at radius 1 is 1.50 bits per heavy atom. The first kappa shape index (κ1) is 15.1. The molecule has 1 aliphatic carbocycles. The number of rotatable bonds is 4. The van der Waals surface area contributed by atoms with Gasteiger partial charge in [-0.3, -0.25) is 4.79 Å². The van der Waals surface area contributed by atoms with Crippen molar-refractivity contribution < 1.29 is 5.11 Å². The first-order chi connectivity index (χ1) is 9.61. The normalized spacial score (nSPS) is 22.2. The van der Waals surface area contributed by atoms with Crippen LogP contribution in [0, 0.1) is 18.3 Å². The molecule has 20 heavy (non-hydrogen) atoms. The maximum atomic E-state index is 12.0. The van der Waals surface area contributed by atoms with Gasteiger partial charge in [0.15, 0.2) is 0 Å². The van der Waals surface area contributed by atoms with Crippen molar-refractivity contribution in [2.45, 2.75) is 38.3 Å². The maximum absolute atomic E-state index is 12.0. The lowest BCUT2D eigenvalue weighted by Gasteiger charge is -2.25. The molecule has 108 valence electrons. The molecule has 6 heteroatoms. The molecule has 1 aromatic heterocycles. The van der Waals surface area contributed by atoms with Gasteiger partial charge in [-0.1, -0.05) is 5.92 Å². The minimum absolute atomic E-state index is 0.146. The molecule has 0 saturated heterocycles. The third-order valence-electron chi connectivity index (χ3n) is 3.62. The Labute approximate surface area is 126 Å². The zero-order chi connectivity index (χ0) is 14.5. The average molecular weight is 340 g/mol. The molecule has 1 saturated carbocycles. The molecule has 1 aromatic rings. The second-order valence-electron chi connectivity index (χ2n) is 5.09. The number of nitrogens with one attached hydrogen (secondary N) is 1. The molecule has 0 bridgehead atoms. The molecular weight excluding hydrogens is 322 g/mol. The van der Waals surface area contributed by atoms with Crippen LogP contribution in [0.4, 0.5) is 5.69 Å². The van der Waals surface area contributed by atoms with Crippen molar-refractivity contribution in [3.63, 3.8) is 0 Å². The Balaban J connectivity index is 1.98. The Morgan fingerprint density at radius 2 is 2.20 bits per heavy atom. The van der Waals surface area contributed by atoms with E-state index in [4.69, 9.17) is 6.42 Å². The van der Waals surface area contributed by atoms with E-state index in [1.807, 2.05) is 0 Å². The minimum Gasteiger partial charge on any atom is -0.393 e. The van der Waals surface area contributed by atoms with E-state index in [0.717, 1.165) is 32.2 Å². The molecule has 0 spiro atoms. The Kier molecular flexibility index (Phi) is 5.21. The van der Waals surface area contributed by atoms with Gasteiger partial charge in [0.2, 0.25) is 0 Å². The van der Waals surface area contributed by atoms with E-state index in [0.29, 0.717) is 16.1 Å². The molecule has 1 fully saturated rings. The van der Waals surface area contributed by atoms with Crippen molar-refractivity contribution in [3.8, 4) is 12.3 Å². The average Bonchev–Trinajstić information content (AvgIpc) is 2.45. The van der Waals surface area contributed by atoms with Crippen molar-refractivity contribution in [1.29, 1.82) is 0 Å². The largest absolute Gasteiger partial charge is 0.393 e. The molecule has 0 aromatic carbocycles. The summed E-state index contributed by atoms with van der Waals surface area (Å²) in [6.07, 6.45) is 10.4. The quantitative estimate of drug-likeness (QED) is 0.817. The van der Waals surface area contributed by atoms with Gasteiger partial charge in [-0.2, -0.15) is 5.10 Å². The van der Waals surface area contributed by atoms with Gasteiger partial charge in [0.05, 0.1) is 18.0 Å². The number of halogens is 1. The molecule has 5 nitrogen and oxygen atoms in total. The van der Waals surface area contributed by atoms with E-state index in [1.165, 1.54) is 4.68 Å². The summed E-state index contributed by atoms with van der Waals surface area (Å²) in [5, 5.41) is 16.8. The van der Waals surface area contributed by atoms with Gasteiger partial charge in [-0.05, 0) is 47.5 Å². The van der Waals surface area contributed by atoms with Crippen LogP contribution in [0.2, 0.25) is 0 Å². The number of hydrogen-bond donors (Lipinski definition) is 2. The predicted molar refractivity (Wildman–Crippen MR) is 81.5 cm³/mol. The van der Waals surface area contributed by atoms with E-state index < -0.39 is 0 Å². The van der Waals surface area contributed by atoms with Crippen LogP contribution in [0.25, 0.3) is 0 Å². The summed E-state index contributed by atoms with van der Waals surface area (Å²) >= 11 is 3.29. The topological polar surface area (TPSA) is 67.2 Å². The maximum Gasteiger partial charge on any atom is 0.284 e. The lowest BCUT2D eigenvalue weighted by Crippen LogP contribution is -2.26. The molecule has 0 radical (unpaired) electrons. The summed E-state index contributed by atoms with van der Waals surface area (Å²) in [6, 6.07) is 0. The Morgan fingerprint density at radius 3 is 2.85 bits per heavy atom. The van der Waals surface area contributed by atoms with Gasteiger partial charge in [-0.25, -0.2) is 4.68 Å². The summed E-state index contributed by atoms with van der Waals surface area (Å²) in [5.74, 6) is 2.92. The van der Waals surface area contributed by atoms with Crippen molar-refractivity contribution in [1.82, 2.24) is 9.78 Å². The Bertz CT molecular complexity index is 557. The molecular formula is C14H18BrN3O2. The van der Waals surface area contributed by atoms with Gasteiger partial charge < -0.3 is 10.4 Å². The molecule has 0 aliphatic heterocycles. The first-order valence-corrected chi connectivity index (χ1v) is 7.52. The summed E-state index contributed by atoms with van der Waals surface area (Å²) in [7, 11) is 0. The summed E-state index contributed by atoms with van der Waals surface area (Å²) in [4.78, 5) is 12.0. The highest BCUT2D eigenvalue weighted by atomic mass is 79.9. The summed E-state index contributed by atoms with van der Waals surface area (Å²) in [5.41, 5.74) is 0.460. The van der Waals surface area contributed by atoms with E-state index in [9.17, 15) is 9.90 Å². The van der Waals surface area contributed by atoms with Crippen LogP contribution in [0.1, 0.15) is 25.7 Å². The van der Waals surface area contributed by atoms with Crippen LogP contribution in [0.15, 0.2) is 15.5 Å². The molecule has 1 aliphatic rings. The van der Waals surface area contributed by atoms with E-state index in [1.54, 1.807) is 6.20 Å². The monoisotopic (exact) mass is 339 g/mol. The molecule has 0 unspecified atom stereocenters. The minimum atomic E-state index is -0.230. The highest BCUT2D eigenvalue weighted by Crippen LogP contribution is 2.25. The van der Waals surface area contributed by atoms with Crippen molar-refractivity contribution >= 4 is 21.6 Å². The highest BCUT2D eigenvalue weighted by Gasteiger charge is 2.19. The third kappa shape index (κ3) is 3.62. The molecule has 2 rings (SSSR count). The number of anilines is 1. The van der Waals surface area contributed by atoms with Crippen LogP contribution in [-0.2, 0) is 6.54 Å². The summed E-state index contributed by atoms with van der Waals surface area (Å²) < 4.78 is 1.70. The summed E-state index contributed by atoms with van der Waals surface area (Å²) in [6.45, 7) is 0.948. The van der Waals surface area contributed by atoms with E-state index in [2.05, 4.69) is 32.3 Å². The first-order valence-electron chi connectivity index (χ1n) is 6.73. The standard InChI is InChI=1S/C14H18BrN3O2/c1-2-7-18-14(20)13(15)12(9-17-18)16-8-10-3-5-11(19)6-4-10/h1,9-11,16,19H,3-8H2.